The van der Waals surface area contributed by atoms with Crippen LogP contribution in [-0.4, -0.2) is 34.6 Å². The smallest absolute Gasteiger partial charge is 0.100 e. The number of benzene rings is 1. The lowest BCUT2D eigenvalue weighted by Gasteiger charge is -1.96. The van der Waals surface area contributed by atoms with Crippen molar-refractivity contribution in [3.63, 3.8) is 0 Å². The van der Waals surface area contributed by atoms with Crippen molar-refractivity contribution < 1.29 is 15.3 Å². The molecule has 0 aliphatic carbocycles. The number of aryl methyl sites for hydroxylation is 2. The molecule has 1 aromatic carbocycles. The van der Waals surface area contributed by atoms with Gasteiger partial charge in [-0.2, -0.15) is 0 Å². The molecule has 0 aliphatic rings. The van der Waals surface area contributed by atoms with Crippen molar-refractivity contribution in [1.29, 1.82) is 0 Å². The number of aliphatic hydroxyl groups excluding tert-OH is 3. The molecule has 3 N–H and O–H groups in total. The van der Waals surface area contributed by atoms with Crippen molar-refractivity contribution in [1.82, 2.24) is 0 Å². The maximum Gasteiger partial charge on any atom is 0.100 e. The molecule has 1 aromatic rings. The summed E-state index contributed by atoms with van der Waals surface area (Å²) in [6.45, 7) is 3.48. The minimum Gasteiger partial charge on any atom is -0.394 e. The molecule has 0 spiro atoms. The van der Waals surface area contributed by atoms with Crippen molar-refractivity contribution in [3.05, 3.63) is 35.4 Å². The van der Waals surface area contributed by atoms with E-state index < -0.39 is 6.10 Å². The molecule has 0 saturated carbocycles. The van der Waals surface area contributed by atoms with Gasteiger partial charge in [0.1, 0.15) is 6.10 Å². The lowest BCUT2D eigenvalue weighted by atomic mass is 10.2. The van der Waals surface area contributed by atoms with E-state index in [4.69, 9.17) is 15.3 Å². The first kappa shape index (κ1) is 13.1. The number of hydrogen-bond acceptors (Lipinski definition) is 3. The second-order valence-electron chi connectivity index (χ2n) is 3.18. The Kier molecular flexibility index (Phi) is 7.02. The van der Waals surface area contributed by atoms with Gasteiger partial charge in [-0.05, 0) is 13.8 Å². The van der Waals surface area contributed by atoms with E-state index in [0.717, 1.165) is 0 Å². The Morgan fingerprint density at radius 1 is 1.07 bits per heavy atom. The third kappa shape index (κ3) is 6.60. The lowest BCUT2D eigenvalue weighted by Crippen LogP contribution is -2.15. The molecule has 14 heavy (non-hydrogen) atoms. The summed E-state index contributed by atoms with van der Waals surface area (Å²) in [4.78, 5) is 0. The van der Waals surface area contributed by atoms with Gasteiger partial charge in [0.25, 0.3) is 0 Å². The first-order valence-electron chi connectivity index (χ1n) is 4.53. The summed E-state index contributed by atoms with van der Waals surface area (Å²) in [5, 5.41) is 24.0. The van der Waals surface area contributed by atoms with Crippen molar-refractivity contribution >= 4 is 0 Å². The molecular formula is C11H18O3. The molecule has 0 bridgehead atoms. The molecule has 0 radical (unpaired) electrons. The second-order valence-corrected chi connectivity index (χ2v) is 3.18. The summed E-state index contributed by atoms with van der Waals surface area (Å²) in [6, 6.07) is 8.45. The Hall–Kier alpha value is -0.900. The fraction of sp³-hybridized carbons (Fsp3) is 0.455. The van der Waals surface area contributed by atoms with E-state index in [0.29, 0.717) is 0 Å². The summed E-state index contributed by atoms with van der Waals surface area (Å²) >= 11 is 0. The number of aliphatic hydroxyl groups is 3. The zero-order valence-electron chi connectivity index (χ0n) is 8.64. The van der Waals surface area contributed by atoms with E-state index in [9.17, 15) is 0 Å². The van der Waals surface area contributed by atoms with Gasteiger partial charge in [0.15, 0.2) is 0 Å². The van der Waals surface area contributed by atoms with Crippen molar-refractivity contribution in [3.8, 4) is 0 Å². The van der Waals surface area contributed by atoms with Crippen LogP contribution in [-0.2, 0) is 0 Å². The van der Waals surface area contributed by atoms with Crippen LogP contribution in [0.5, 0.6) is 0 Å². The normalized spacial score (nSPS) is 9.57. The zero-order valence-corrected chi connectivity index (χ0v) is 8.64. The van der Waals surface area contributed by atoms with Gasteiger partial charge in [-0.25, -0.2) is 0 Å². The van der Waals surface area contributed by atoms with Crippen molar-refractivity contribution in [2.24, 2.45) is 0 Å². The summed E-state index contributed by atoms with van der Waals surface area (Å²) in [7, 11) is 0. The maximum absolute atomic E-state index is 8.17. The predicted molar refractivity (Wildman–Crippen MR) is 56.1 cm³/mol. The number of rotatable bonds is 2. The molecule has 3 nitrogen and oxygen atoms in total. The highest BCUT2D eigenvalue weighted by Crippen LogP contribution is 2.00. The highest BCUT2D eigenvalue weighted by molar-refractivity contribution is 5.20. The van der Waals surface area contributed by atoms with E-state index in [-0.39, 0.29) is 13.2 Å². The highest BCUT2D eigenvalue weighted by atomic mass is 16.3. The average Bonchev–Trinajstić information content (AvgIpc) is 2.17. The van der Waals surface area contributed by atoms with Gasteiger partial charge in [0.05, 0.1) is 13.2 Å². The molecule has 1 rings (SSSR count). The monoisotopic (exact) mass is 198 g/mol. The van der Waals surface area contributed by atoms with Gasteiger partial charge < -0.3 is 15.3 Å². The molecule has 0 saturated heterocycles. The third-order valence-electron chi connectivity index (χ3n) is 1.60. The molecule has 3 heteroatoms. The van der Waals surface area contributed by atoms with Crippen molar-refractivity contribution in [2.45, 2.75) is 20.0 Å². The molecule has 0 heterocycles. The third-order valence-corrected chi connectivity index (χ3v) is 1.60. The molecular weight excluding hydrogens is 180 g/mol. The topological polar surface area (TPSA) is 60.7 Å². The first-order valence-corrected chi connectivity index (χ1v) is 4.53. The molecule has 0 aliphatic heterocycles. The fourth-order valence-electron chi connectivity index (χ4n) is 0.865. The Balaban J connectivity index is 0.000000255. The summed E-state index contributed by atoms with van der Waals surface area (Å²) in [6.07, 6.45) is -0.954. The summed E-state index contributed by atoms with van der Waals surface area (Å²) < 4.78 is 0. The van der Waals surface area contributed by atoms with Gasteiger partial charge in [0.2, 0.25) is 0 Å². The maximum atomic E-state index is 8.17. The summed E-state index contributed by atoms with van der Waals surface area (Å²) in [5.41, 5.74) is 2.68. The Morgan fingerprint density at radius 2 is 1.50 bits per heavy atom. The molecule has 80 valence electrons. The fourth-order valence-corrected chi connectivity index (χ4v) is 0.865. The molecule has 0 amide bonds. The molecule has 0 fully saturated rings. The molecule has 0 aromatic heterocycles. The first-order chi connectivity index (χ1) is 6.60. The standard InChI is InChI=1S/C8H10.C3H8O3/c1-7-4-3-5-8(2)6-7;4-1-3(6)2-5/h3-6H,1-2H3;3-6H,1-2H2. The van der Waals surface area contributed by atoms with Crippen molar-refractivity contribution in [2.75, 3.05) is 13.2 Å². The van der Waals surface area contributed by atoms with Gasteiger partial charge in [-0.3, -0.25) is 0 Å². The Bertz CT molecular complexity index is 227. The van der Waals surface area contributed by atoms with Crippen LogP contribution in [0.25, 0.3) is 0 Å². The minimum atomic E-state index is -0.954. The Morgan fingerprint density at radius 3 is 1.64 bits per heavy atom. The SMILES string of the molecule is Cc1cccc(C)c1.OCC(O)CO. The summed E-state index contributed by atoms with van der Waals surface area (Å²) in [5.74, 6) is 0. The number of hydrogen-bond donors (Lipinski definition) is 3. The van der Waals surface area contributed by atoms with Crippen LogP contribution in [0.3, 0.4) is 0 Å². The van der Waals surface area contributed by atoms with Crippen LogP contribution in [0.4, 0.5) is 0 Å². The quantitative estimate of drug-likeness (QED) is 0.653. The lowest BCUT2D eigenvalue weighted by molar-refractivity contribution is 0.0450. The predicted octanol–water partition coefficient (Wildman–Crippen LogP) is 0.635. The van der Waals surface area contributed by atoms with Crippen LogP contribution in [0.15, 0.2) is 24.3 Å². The van der Waals surface area contributed by atoms with Gasteiger partial charge in [-0.1, -0.05) is 35.4 Å². The van der Waals surface area contributed by atoms with E-state index >= 15 is 0 Å². The second kappa shape index (κ2) is 7.50. The minimum absolute atomic E-state index is 0.365. The molecule has 0 atom stereocenters. The van der Waals surface area contributed by atoms with E-state index in [1.165, 1.54) is 11.1 Å². The van der Waals surface area contributed by atoms with Crippen LogP contribution in [0.2, 0.25) is 0 Å². The largest absolute Gasteiger partial charge is 0.394 e. The van der Waals surface area contributed by atoms with Gasteiger partial charge >= 0.3 is 0 Å². The van der Waals surface area contributed by atoms with E-state index in [1.807, 2.05) is 0 Å². The Labute approximate surface area is 84.6 Å². The average molecular weight is 198 g/mol. The zero-order chi connectivity index (χ0) is 11.0. The van der Waals surface area contributed by atoms with E-state index in [1.54, 1.807) is 0 Å². The van der Waals surface area contributed by atoms with Gasteiger partial charge in [-0.15, -0.1) is 0 Å². The molecule has 0 unspecified atom stereocenters. The van der Waals surface area contributed by atoms with Crippen LogP contribution < -0.4 is 0 Å². The van der Waals surface area contributed by atoms with Crippen LogP contribution >= 0.6 is 0 Å². The van der Waals surface area contributed by atoms with E-state index in [2.05, 4.69) is 38.1 Å². The van der Waals surface area contributed by atoms with Crippen LogP contribution in [0.1, 0.15) is 11.1 Å². The van der Waals surface area contributed by atoms with Gasteiger partial charge in [0, 0.05) is 0 Å². The highest BCUT2D eigenvalue weighted by Gasteiger charge is 1.93. The van der Waals surface area contributed by atoms with Crippen LogP contribution in [0, 0.1) is 13.8 Å².